The molecule has 124 valence electrons. The Hall–Kier alpha value is -1.19. The Balaban J connectivity index is 1.91. The van der Waals surface area contributed by atoms with Crippen LogP contribution >= 0.6 is 0 Å². The van der Waals surface area contributed by atoms with Gasteiger partial charge in [0.15, 0.2) is 11.6 Å². The van der Waals surface area contributed by atoms with Gasteiger partial charge in [-0.25, -0.2) is 0 Å². The van der Waals surface area contributed by atoms with Gasteiger partial charge in [0.25, 0.3) is 0 Å². The second-order valence-corrected chi connectivity index (χ2v) is 8.59. The fourth-order valence-corrected chi connectivity index (χ4v) is 5.26. The first kappa shape index (κ1) is 15.3. The summed E-state index contributed by atoms with van der Waals surface area (Å²) in [7, 11) is 0. The van der Waals surface area contributed by atoms with E-state index in [1.54, 1.807) is 0 Å². The van der Waals surface area contributed by atoms with Gasteiger partial charge in [-0.05, 0) is 35.4 Å². The summed E-state index contributed by atoms with van der Waals surface area (Å²) < 4.78 is 5.95. The molecule has 2 bridgehead atoms. The molecule has 1 saturated carbocycles. The summed E-state index contributed by atoms with van der Waals surface area (Å²) in [5, 5.41) is 10.9. The van der Waals surface area contributed by atoms with Crippen LogP contribution in [0.2, 0.25) is 0 Å². The van der Waals surface area contributed by atoms with Crippen LogP contribution in [0.4, 0.5) is 0 Å². The zero-order valence-electron chi connectivity index (χ0n) is 14.5. The molecule has 2 aliphatic heterocycles. The molecule has 3 nitrogen and oxygen atoms in total. The molecule has 2 heterocycles. The first-order valence-electron chi connectivity index (χ1n) is 8.75. The van der Waals surface area contributed by atoms with Gasteiger partial charge in [0.2, 0.25) is 0 Å². The summed E-state index contributed by atoms with van der Waals surface area (Å²) in [6.45, 7) is 8.96. The zero-order valence-corrected chi connectivity index (χ0v) is 14.5. The molecule has 0 amide bonds. The fourth-order valence-electron chi connectivity index (χ4n) is 5.26. The number of hydrogen-bond donors (Lipinski definition) is 1. The van der Waals surface area contributed by atoms with Gasteiger partial charge < -0.3 is 9.84 Å². The minimum atomic E-state index is -1.09. The Morgan fingerprint density at radius 2 is 2.00 bits per heavy atom. The molecule has 1 N–H and O–H groups in total. The van der Waals surface area contributed by atoms with Crippen LogP contribution in [0.5, 0.6) is 0 Å². The maximum atomic E-state index is 12.9. The van der Waals surface area contributed by atoms with Crippen LogP contribution in [0.25, 0.3) is 0 Å². The van der Waals surface area contributed by atoms with E-state index in [-0.39, 0.29) is 17.1 Å². The maximum Gasteiger partial charge on any atom is 0.170 e. The third kappa shape index (κ3) is 1.75. The second kappa shape index (κ2) is 4.46. The second-order valence-electron chi connectivity index (χ2n) is 8.59. The molecule has 3 heteroatoms. The monoisotopic (exact) mass is 314 g/mol. The van der Waals surface area contributed by atoms with Gasteiger partial charge in [-0.2, -0.15) is 0 Å². The van der Waals surface area contributed by atoms with Crippen molar-refractivity contribution in [3.8, 4) is 0 Å². The molecule has 1 aromatic rings. The summed E-state index contributed by atoms with van der Waals surface area (Å²) in [6, 6.07) is 6.41. The summed E-state index contributed by atoms with van der Waals surface area (Å²) in [4.78, 5) is 12.9. The number of fused-ring (bicyclic) bond motifs is 3. The van der Waals surface area contributed by atoms with E-state index >= 15 is 0 Å². The number of carbonyl (C=O) groups excluding carboxylic acids is 1. The number of hydrogen-bond acceptors (Lipinski definition) is 3. The van der Waals surface area contributed by atoms with Crippen molar-refractivity contribution in [2.24, 2.45) is 11.3 Å². The van der Waals surface area contributed by atoms with E-state index in [1.807, 2.05) is 0 Å². The van der Waals surface area contributed by atoms with Gasteiger partial charge in [-0.15, -0.1) is 0 Å². The van der Waals surface area contributed by atoms with Crippen molar-refractivity contribution in [2.75, 3.05) is 6.61 Å². The van der Waals surface area contributed by atoms with Crippen molar-refractivity contribution in [3.63, 3.8) is 0 Å². The van der Waals surface area contributed by atoms with Crippen molar-refractivity contribution in [3.05, 3.63) is 34.9 Å². The molecule has 1 spiro atoms. The molecule has 2 saturated heterocycles. The van der Waals surface area contributed by atoms with E-state index in [0.717, 1.165) is 17.5 Å². The lowest BCUT2D eigenvalue weighted by molar-refractivity contribution is -0.354. The highest BCUT2D eigenvalue weighted by Crippen LogP contribution is 2.64. The van der Waals surface area contributed by atoms with Crippen LogP contribution in [-0.4, -0.2) is 23.3 Å². The number of benzene rings is 1. The third-order valence-electron chi connectivity index (χ3n) is 6.96. The highest BCUT2D eigenvalue weighted by molar-refractivity contribution is 6.00. The lowest BCUT2D eigenvalue weighted by Gasteiger charge is -2.65. The topological polar surface area (TPSA) is 46.5 Å². The molecule has 0 unspecified atom stereocenters. The normalized spacial score (nSPS) is 37.7. The highest BCUT2D eigenvalue weighted by Gasteiger charge is 2.67. The molecule has 0 aromatic heterocycles. The van der Waals surface area contributed by atoms with Crippen molar-refractivity contribution < 1.29 is 14.6 Å². The van der Waals surface area contributed by atoms with Crippen LogP contribution in [0, 0.1) is 11.3 Å². The van der Waals surface area contributed by atoms with Crippen LogP contribution in [-0.2, 0) is 10.2 Å². The molecule has 4 aliphatic rings. The molecule has 1 aromatic carbocycles. The summed E-state index contributed by atoms with van der Waals surface area (Å²) in [5.41, 5.74) is 2.73. The Bertz CT molecular complexity index is 678. The first-order valence-corrected chi connectivity index (χ1v) is 8.75. The highest BCUT2D eigenvalue weighted by atomic mass is 16.6. The van der Waals surface area contributed by atoms with Gasteiger partial charge in [-0.3, -0.25) is 4.79 Å². The van der Waals surface area contributed by atoms with Gasteiger partial charge in [0.05, 0.1) is 6.61 Å². The van der Waals surface area contributed by atoms with E-state index in [9.17, 15) is 9.90 Å². The maximum absolute atomic E-state index is 12.9. The van der Waals surface area contributed by atoms with Crippen LogP contribution in [0.1, 0.15) is 74.4 Å². The van der Waals surface area contributed by atoms with E-state index in [2.05, 4.69) is 45.9 Å². The SMILES string of the molecule is CC(C)c1ccc2c(c1)C(=O)C[C@H]1C(C)(C)[C@]3(O)CC[C@]21CO3. The van der Waals surface area contributed by atoms with Gasteiger partial charge in [-0.1, -0.05) is 39.8 Å². The van der Waals surface area contributed by atoms with Crippen LogP contribution in [0.3, 0.4) is 0 Å². The number of rotatable bonds is 1. The van der Waals surface area contributed by atoms with E-state index in [1.165, 1.54) is 5.56 Å². The molecular formula is C20H26O3. The van der Waals surface area contributed by atoms with Crippen LogP contribution in [0.15, 0.2) is 18.2 Å². The number of ketones is 1. The van der Waals surface area contributed by atoms with Gasteiger partial charge in [0, 0.05) is 29.2 Å². The number of carbonyl (C=O) groups is 1. The van der Waals surface area contributed by atoms with E-state index in [0.29, 0.717) is 25.4 Å². The standard InChI is InChI=1S/C20H26O3/c1-12(2)13-5-6-15-14(9-13)16(21)10-17-18(3,4)20(22)8-7-19(15,17)11-23-20/h5-6,9,12,17,22H,7-8,10-11H2,1-4H3/t17-,19-,20-/m0/s1. The smallest absolute Gasteiger partial charge is 0.170 e. The molecular weight excluding hydrogens is 288 g/mol. The predicted molar refractivity (Wildman–Crippen MR) is 88.6 cm³/mol. The van der Waals surface area contributed by atoms with Gasteiger partial charge >= 0.3 is 0 Å². The molecule has 2 aliphatic carbocycles. The minimum Gasteiger partial charge on any atom is -0.365 e. The fraction of sp³-hybridized carbons (Fsp3) is 0.650. The number of ether oxygens (including phenoxy) is 1. The molecule has 0 radical (unpaired) electrons. The predicted octanol–water partition coefficient (Wildman–Crippen LogP) is 3.79. The summed E-state index contributed by atoms with van der Waals surface area (Å²) in [5.74, 6) is -0.303. The van der Waals surface area contributed by atoms with E-state index in [4.69, 9.17) is 4.74 Å². The minimum absolute atomic E-state index is 0.118. The average molecular weight is 314 g/mol. The molecule has 3 atom stereocenters. The zero-order chi connectivity index (χ0) is 16.6. The lowest BCUT2D eigenvalue weighted by atomic mass is 9.46. The lowest BCUT2D eigenvalue weighted by Crippen LogP contribution is -2.69. The van der Waals surface area contributed by atoms with Crippen molar-refractivity contribution in [2.45, 2.75) is 64.1 Å². The Morgan fingerprint density at radius 3 is 2.61 bits per heavy atom. The quantitative estimate of drug-likeness (QED) is 0.858. The molecule has 23 heavy (non-hydrogen) atoms. The Labute approximate surface area is 138 Å². The Morgan fingerprint density at radius 1 is 1.26 bits per heavy atom. The number of aliphatic hydroxyl groups is 1. The summed E-state index contributed by atoms with van der Waals surface area (Å²) in [6.07, 6.45) is 2.07. The van der Waals surface area contributed by atoms with Gasteiger partial charge in [0.1, 0.15) is 0 Å². The van der Waals surface area contributed by atoms with E-state index < -0.39 is 11.2 Å². The van der Waals surface area contributed by atoms with Crippen LogP contribution < -0.4 is 0 Å². The largest absolute Gasteiger partial charge is 0.365 e. The Kier molecular flexibility index (Phi) is 2.97. The van der Waals surface area contributed by atoms with Crippen molar-refractivity contribution in [1.82, 2.24) is 0 Å². The third-order valence-corrected chi connectivity index (χ3v) is 6.96. The average Bonchev–Trinajstić information content (AvgIpc) is 2.51. The molecule has 3 fully saturated rings. The van der Waals surface area contributed by atoms with Crippen molar-refractivity contribution in [1.29, 1.82) is 0 Å². The first-order chi connectivity index (χ1) is 10.7. The summed E-state index contributed by atoms with van der Waals surface area (Å²) >= 11 is 0. The molecule has 5 rings (SSSR count). The number of Topliss-reactive ketones (excluding diaryl/α,β-unsaturated/α-hetero) is 1. The van der Waals surface area contributed by atoms with Crippen molar-refractivity contribution >= 4 is 5.78 Å².